The standard InChI is InChI=1S/C11H18FNO8S/c12-22(15,16)13-11(14)18-2-1-8(19-6-10-7-21-10)3-17-4-9-5-20-9/h8-10H,1-7H2,(H,13,14). The van der Waals surface area contributed by atoms with Crippen LogP contribution < -0.4 is 4.72 Å². The van der Waals surface area contributed by atoms with E-state index in [4.69, 9.17) is 18.9 Å². The molecular formula is C11H18FNO8S. The zero-order chi connectivity index (χ0) is 16.0. The summed E-state index contributed by atoms with van der Waals surface area (Å²) < 4.78 is 59.1. The Morgan fingerprint density at radius 2 is 1.91 bits per heavy atom. The van der Waals surface area contributed by atoms with Crippen molar-refractivity contribution in [3.05, 3.63) is 0 Å². The van der Waals surface area contributed by atoms with Gasteiger partial charge >= 0.3 is 16.5 Å². The molecule has 2 aliphatic heterocycles. The van der Waals surface area contributed by atoms with Crippen LogP contribution in [-0.4, -0.2) is 72.5 Å². The Morgan fingerprint density at radius 1 is 1.27 bits per heavy atom. The fourth-order valence-corrected chi connectivity index (χ4v) is 1.79. The van der Waals surface area contributed by atoms with Gasteiger partial charge in [0.2, 0.25) is 0 Å². The highest BCUT2D eigenvalue weighted by molar-refractivity contribution is 7.84. The maximum absolute atomic E-state index is 12.2. The summed E-state index contributed by atoms with van der Waals surface area (Å²) in [5.41, 5.74) is 0. The van der Waals surface area contributed by atoms with Crippen molar-refractivity contribution in [1.29, 1.82) is 0 Å². The number of nitrogens with one attached hydrogen (secondary N) is 1. The summed E-state index contributed by atoms with van der Waals surface area (Å²) in [6.07, 6.45) is -1.24. The van der Waals surface area contributed by atoms with E-state index in [1.807, 2.05) is 0 Å². The van der Waals surface area contributed by atoms with E-state index in [-0.39, 0.29) is 37.9 Å². The monoisotopic (exact) mass is 343 g/mol. The highest BCUT2D eigenvalue weighted by atomic mass is 32.3. The second-order valence-corrected chi connectivity index (χ2v) is 5.95. The van der Waals surface area contributed by atoms with E-state index in [1.54, 1.807) is 0 Å². The van der Waals surface area contributed by atoms with E-state index in [0.29, 0.717) is 26.4 Å². The third-order valence-electron chi connectivity index (χ3n) is 2.81. The molecule has 2 fully saturated rings. The lowest BCUT2D eigenvalue weighted by Gasteiger charge is -2.17. The summed E-state index contributed by atoms with van der Waals surface area (Å²) in [6.45, 7) is 2.33. The summed E-state index contributed by atoms with van der Waals surface area (Å²) >= 11 is 0. The van der Waals surface area contributed by atoms with Crippen molar-refractivity contribution in [3.8, 4) is 0 Å². The van der Waals surface area contributed by atoms with Crippen LogP contribution in [-0.2, 0) is 34.1 Å². The SMILES string of the molecule is O=C(NS(=O)(=O)F)OCCC(COCC1CO1)OCC1CO1. The van der Waals surface area contributed by atoms with Gasteiger partial charge in [0.1, 0.15) is 12.2 Å². The first-order valence-electron chi connectivity index (χ1n) is 6.74. The normalized spacial score (nSPS) is 24.6. The van der Waals surface area contributed by atoms with Crippen LogP contribution in [0.5, 0.6) is 0 Å². The molecule has 11 heteroatoms. The molecule has 9 nitrogen and oxygen atoms in total. The van der Waals surface area contributed by atoms with Gasteiger partial charge in [-0.15, -0.1) is 0 Å². The van der Waals surface area contributed by atoms with Crippen LogP contribution in [0.15, 0.2) is 0 Å². The first-order valence-corrected chi connectivity index (χ1v) is 8.12. The minimum absolute atomic E-state index is 0.0789. The van der Waals surface area contributed by atoms with Crippen molar-refractivity contribution in [2.45, 2.75) is 24.7 Å². The summed E-state index contributed by atoms with van der Waals surface area (Å²) in [4.78, 5) is 11.0. The van der Waals surface area contributed by atoms with Gasteiger partial charge in [-0.25, -0.2) is 4.79 Å². The molecule has 0 aromatic rings. The Morgan fingerprint density at radius 3 is 2.50 bits per heavy atom. The average Bonchev–Trinajstić information content (AvgIpc) is 3.27. The Labute approximate surface area is 127 Å². The molecule has 0 bridgehead atoms. The lowest BCUT2D eigenvalue weighted by molar-refractivity contribution is -0.0345. The number of carbonyl (C=O) groups is 1. The van der Waals surface area contributed by atoms with Gasteiger partial charge in [-0.1, -0.05) is 3.89 Å². The number of hydrogen-bond donors (Lipinski definition) is 1. The number of carbonyl (C=O) groups excluding carboxylic acids is 1. The minimum Gasteiger partial charge on any atom is -0.449 e. The number of ether oxygens (including phenoxy) is 5. The lowest BCUT2D eigenvalue weighted by atomic mass is 10.3. The van der Waals surface area contributed by atoms with Gasteiger partial charge < -0.3 is 23.7 Å². The third kappa shape index (κ3) is 8.44. The number of hydrogen-bond acceptors (Lipinski definition) is 8. The van der Waals surface area contributed by atoms with Gasteiger partial charge in [-0.3, -0.25) is 0 Å². The molecule has 128 valence electrons. The van der Waals surface area contributed by atoms with Crippen molar-refractivity contribution in [1.82, 2.24) is 4.72 Å². The van der Waals surface area contributed by atoms with Gasteiger partial charge in [0.25, 0.3) is 0 Å². The van der Waals surface area contributed by atoms with E-state index in [2.05, 4.69) is 4.74 Å². The molecule has 2 heterocycles. The van der Waals surface area contributed by atoms with E-state index in [1.165, 1.54) is 0 Å². The summed E-state index contributed by atoms with van der Waals surface area (Å²) in [7, 11) is -5.11. The number of amides is 1. The van der Waals surface area contributed by atoms with Crippen molar-refractivity contribution in [2.24, 2.45) is 0 Å². The molecule has 2 rings (SSSR count). The molecule has 3 unspecified atom stereocenters. The van der Waals surface area contributed by atoms with E-state index >= 15 is 0 Å². The smallest absolute Gasteiger partial charge is 0.422 e. The topological polar surface area (TPSA) is 116 Å². The van der Waals surface area contributed by atoms with Gasteiger partial charge in [0, 0.05) is 6.42 Å². The van der Waals surface area contributed by atoms with Crippen molar-refractivity contribution in [3.63, 3.8) is 0 Å². The number of halogens is 1. The Hall–Kier alpha value is -1.01. The fraction of sp³-hybridized carbons (Fsp3) is 0.909. The molecular weight excluding hydrogens is 325 g/mol. The van der Waals surface area contributed by atoms with Crippen LogP contribution in [0.4, 0.5) is 8.68 Å². The Balaban J connectivity index is 1.61. The highest BCUT2D eigenvalue weighted by Crippen LogP contribution is 2.13. The zero-order valence-corrected chi connectivity index (χ0v) is 12.6. The summed E-state index contributed by atoms with van der Waals surface area (Å²) in [5.74, 6) is 0. The second-order valence-electron chi connectivity index (χ2n) is 4.87. The van der Waals surface area contributed by atoms with Crippen molar-refractivity contribution >= 4 is 16.5 Å². The predicted octanol–water partition coefficient (Wildman–Crippen LogP) is -0.484. The van der Waals surface area contributed by atoms with Crippen LogP contribution in [0.2, 0.25) is 0 Å². The van der Waals surface area contributed by atoms with Crippen molar-refractivity contribution in [2.75, 3.05) is 39.6 Å². The molecule has 0 saturated carbocycles. The van der Waals surface area contributed by atoms with E-state index < -0.39 is 16.5 Å². The maximum atomic E-state index is 12.2. The van der Waals surface area contributed by atoms with Gasteiger partial charge in [0.05, 0.1) is 45.7 Å². The average molecular weight is 343 g/mol. The zero-order valence-electron chi connectivity index (χ0n) is 11.7. The third-order valence-corrected chi connectivity index (χ3v) is 3.22. The van der Waals surface area contributed by atoms with Gasteiger partial charge in [-0.2, -0.15) is 13.1 Å². The van der Waals surface area contributed by atoms with Crippen molar-refractivity contribution < 1.29 is 40.8 Å². The minimum atomic E-state index is -5.11. The largest absolute Gasteiger partial charge is 0.449 e. The van der Waals surface area contributed by atoms with Crippen LogP contribution >= 0.6 is 0 Å². The molecule has 0 spiro atoms. The molecule has 1 amide bonds. The van der Waals surface area contributed by atoms with Gasteiger partial charge in [-0.05, 0) is 0 Å². The molecule has 3 atom stereocenters. The Bertz CT molecular complexity index is 465. The summed E-state index contributed by atoms with van der Waals surface area (Å²) in [5, 5.41) is 0. The molecule has 0 radical (unpaired) electrons. The lowest BCUT2D eigenvalue weighted by Crippen LogP contribution is -2.30. The summed E-state index contributed by atoms with van der Waals surface area (Å²) in [6, 6.07) is 0. The number of epoxide rings is 2. The van der Waals surface area contributed by atoms with E-state index in [0.717, 1.165) is 4.72 Å². The Kier molecular flexibility index (Phi) is 6.32. The quantitative estimate of drug-likeness (QED) is 0.395. The molecule has 0 aromatic carbocycles. The first kappa shape index (κ1) is 17.3. The van der Waals surface area contributed by atoms with Crippen LogP contribution in [0.25, 0.3) is 0 Å². The van der Waals surface area contributed by atoms with Crippen LogP contribution in [0, 0.1) is 0 Å². The molecule has 0 aromatic heterocycles. The predicted molar refractivity (Wildman–Crippen MR) is 69.2 cm³/mol. The number of rotatable bonds is 11. The van der Waals surface area contributed by atoms with E-state index in [9.17, 15) is 17.1 Å². The molecule has 1 N–H and O–H groups in total. The molecule has 0 aliphatic carbocycles. The molecule has 2 aliphatic rings. The van der Waals surface area contributed by atoms with Crippen LogP contribution in [0.1, 0.15) is 6.42 Å². The van der Waals surface area contributed by atoms with Gasteiger partial charge in [0.15, 0.2) is 0 Å². The fourth-order valence-electron chi connectivity index (χ4n) is 1.53. The molecule has 22 heavy (non-hydrogen) atoms. The maximum Gasteiger partial charge on any atom is 0.422 e. The second kappa shape index (κ2) is 8.02. The first-order chi connectivity index (χ1) is 10.4. The highest BCUT2D eigenvalue weighted by Gasteiger charge is 2.26. The molecule has 2 saturated heterocycles. The van der Waals surface area contributed by atoms with Crippen LogP contribution in [0.3, 0.4) is 0 Å².